The fraction of sp³-hybridized carbons (Fsp3) is 1.00. The second kappa shape index (κ2) is 10.5. The van der Waals surface area contributed by atoms with Gasteiger partial charge in [0.25, 0.3) is 0 Å². The summed E-state index contributed by atoms with van der Waals surface area (Å²) < 4.78 is 27.5. The molecule has 5 nitrogen and oxygen atoms in total. The Bertz CT molecular complexity index is 884. The van der Waals surface area contributed by atoms with Crippen LogP contribution in [0.4, 0.5) is 0 Å². The molecule has 40 heavy (non-hydrogen) atoms. The van der Waals surface area contributed by atoms with E-state index in [1.165, 1.54) is 64.2 Å². The average molecular weight is 559 g/mol. The van der Waals surface area contributed by atoms with Crippen molar-refractivity contribution in [2.24, 2.45) is 52.8 Å². The Morgan fingerprint density at radius 2 is 1.55 bits per heavy atom. The van der Waals surface area contributed by atoms with E-state index in [1.54, 1.807) is 0 Å². The summed E-state index contributed by atoms with van der Waals surface area (Å²) in [6.45, 7) is 12.2. The third-order valence-electron chi connectivity index (χ3n) is 13.1. The van der Waals surface area contributed by atoms with Crippen molar-refractivity contribution < 1.29 is 24.1 Å². The third kappa shape index (κ3) is 5.04. The summed E-state index contributed by atoms with van der Waals surface area (Å²) in [4.78, 5) is 0. The molecule has 228 valence electrons. The molecule has 4 bridgehead atoms. The molecule has 5 heteroatoms. The number of ether oxygens (including phenoxy) is 4. The molecular formula is C35H58O5. The summed E-state index contributed by atoms with van der Waals surface area (Å²) in [5.74, 6) is 5.78. The van der Waals surface area contributed by atoms with Crippen LogP contribution < -0.4 is 0 Å². The van der Waals surface area contributed by atoms with Gasteiger partial charge in [-0.1, -0.05) is 34.1 Å². The summed E-state index contributed by atoms with van der Waals surface area (Å²) >= 11 is 0. The van der Waals surface area contributed by atoms with Crippen molar-refractivity contribution in [1.29, 1.82) is 0 Å². The number of rotatable bonds is 7. The molecule has 0 amide bonds. The van der Waals surface area contributed by atoms with Gasteiger partial charge < -0.3 is 24.1 Å². The molecule has 2 aliphatic heterocycles. The molecule has 6 aliphatic carbocycles. The number of hydrogen-bond acceptors (Lipinski definition) is 5. The summed E-state index contributed by atoms with van der Waals surface area (Å²) in [5.41, 5.74) is -0.253. The average Bonchev–Trinajstić information content (AvgIpc) is 3.46. The van der Waals surface area contributed by atoms with Crippen LogP contribution >= 0.6 is 0 Å². The predicted molar refractivity (Wildman–Crippen MR) is 155 cm³/mol. The Morgan fingerprint density at radius 3 is 2.20 bits per heavy atom. The maximum absolute atomic E-state index is 10.5. The van der Waals surface area contributed by atoms with Crippen molar-refractivity contribution in [1.82, 2.24) is 0 Å². The van der Waals surface area contributed by atoms with E-state index in [1.807, 2.05) is 6.92 Å². The highest BCUT2D eigenvalue weighted by Crippen LogP contribution is 2.67. The van der Waals surface area contributed by atoms with Crippen molar-refractivity contribution >= 4 is 0 Å². The van der Waals surface area contributed by atoms with E-state index in [0.29, 0.717) is 29.6 Å². The van der Waals surface area contributed by atoms with Gasteiger partial charge in [-0.2, -0.15) is 0 Å². The molecule has 0 radical (unpaired) electrons. The second-order valence-corrected chi connectivity index (χ2v) is 16.9. The van der Waals surface area contributed by atoms with Crippen LogP contribution in [0.3, 0.4) is 0 Å². The molecule has 0 aromatic carbocycles. The van der Waals surface area contributed by atoms with Crippen molar-refractivity contribution in [2.45, 2.75) is 161 Å². The lowest BCUT2D eigenvalue weighted by Gasteiger charge is -2.57. The van der Waals surface area contributed by atoms with E-state index in [-0.39, 0.29) is 36.0 Å². The van der Waals surface area contributed by atoms with E-state index in [4.69, 9.17) is 18.9 Å². The lowest BCUT2D eigenvalue weighted by atomic mass is 9.51. The van der Waals surface area contributed by atoms with Crippen LogP contribution in [0, 0.1) is 52.8 Å². The molecule has 8 rings (SSSR count). The minimum atomic E-state index is -0.384. The van der Waals surface area contributed by atoms with Crippen LogP contribution in [0.25, 0.3) is 0 Å². The fourth-order valence-corrected chi connectivity index (χ4v) is 11.2. The number of hydrogen-bond donors (Lipinski definition) is 1. The molecule has 8 fully saturated rings. The van der Waals surface area contributed by atoms with E-state index in [9.17, 15) is 5.11 Å². The van der Waals surface area contributed by atoms with E-state index in [2.05, 4.69) is 27.7 Å². The van der Waals surface area contributed by atoms with Crippen LogP contribution in [0.1, 0.15) is 125 Å². The topological polar surface area (TPSA) is 57.2 Å². The molecular weight excluding hydrogens is 500 g/mol. The maximum atomic E-state index is 10.5. The summed E-state index contributed by atoms with van der Waals surface area (Å²) in [6.07, 6.45) is 16.6. The first-order valence-corrected chi connectivity index (χ1v) is 17.4. The first-order chi connectivity index (χ1) is 19.1. The van der Waals surface area contributed by atoms with Gasteiger partial charge in [0.05, 0.1) is 18.8 Å². The van der Waals surface area contributed by atoms with Crippen molar-refractivity contribution in [3.63, 3.8) is 0 Å². The zero-order chi connectivity index (χ0) is 27.9. The van der Waals surface area contributed by atoms with Gasteiger partial charge in [0.1, 0.15) is 11.2 Å². The lowest BCUT2D eigenvalue weighted by molar-refractivity contribution is -0.289. The van der Waals surface area contributed by atoms with Crippen molar-refractivity contribution in [3.8, 4) is 0 Å². The predicted octanol–water partition coefficient (Wildman–Crippen LogP) is 7.48. The Labute approximate surface area is 243 Å². The van der Waals surface area contributed by atoms with E-state index < -0.39 is 0 Å². The molecule has 2 heterocycles. The van der Waals surface area contributed by atoms with Gasteiger partial charge in [-0.15, -0.1) is 0 Å². The minimum absolute atomic E-state index is 0.00892. The van der Waals surface area contributed by atoms with Gasteiger partial charge in [0, 0.05) is 30.6 Å². The maximum Gasteiger partial charge on any atom is 0.162 e. The highest BCUT2D eigenvalue weighted by molar-refractivity contribution is 5.25. The molecule has 6 saturated carbocycles. The van der Waals surface area contributed by atoms with Crippen LogP contribution in [-0.4, -0.2) is 47.7 Å². The molecule has 0 aromatic rings. The quantitative estimate of drug-likeness (QED) is 0.328. The number of aliphatic hydroxyl groups is 1. The normalized spacial score (nSPS) is 52.8. The standard InChI is InChI=1S/C35H58O5/c1-6-29-27(19-37-32(38-29)30-25-13-22-12-23(15-25)16-26(30)14-22)18-35-20-34(35,17-21(2)36)39-31(40-35)24-8-7-9-28(11-10-24)33(3,4)5/h21-32,36H,6-20H2,1-5H3. The van der Waals surface area contributed by atoms with Crippen molar-refractivity contribution in [2.75, 3.05) is 6.61 Å². The lowest BCUT2D eigenvalue weighted by Crippen LogP contribution is -2.54. The summed E-state index contributed by atoms with van der Waals surface area (Å²) in [5, 5.41) is 10.5. The minimum Gasteiger partial charge on any atom is -0.393 e. The van der Waals surface area contributed by atoms with Gasteiger partial charge in [-0.05, 0) is 113 Å². The smallest absolute Gasteiger partial charge is 0.162 e. The van der Waals surface area contributed by atoms with Gasteiger partial charge in [-0.25, -0.2) is 0 Å². The molecule has 8 aliphatic rings. The molecule has 0 spiro atoms. The monoisotopic (exact) mass is 558 g/mol. The van der Waals surface area contributed by atoms with Gasteiger partial charge >= 0.3 is 0 Å². The number of aliphatic hydroxyl groups excluding tert-OH is 1. The fourth-order valence-electron chi connectivity index (χ4n) is 11.2. The van der Waals surface area contributed by atoms with Gasteiger partial charge in [0.2, 0.25) is 0 Å². The largest absolute Gasteiger partial charge is 0.393 e. The highest BCUT2D eigenvalue weighted by atomic mass is 16.8. The van der Waals surface area contributed by atoms with Gasteiger partial charge in [-0.3, -0.25) is 0 Å². The van der Waals surface area contributed by atoms with E-state index >= 15 is 0 Å². The van der Waals surface area contributed by atoms with Crippen LogP contribution in [-0.2, 0) is 18.9 Å². The second-order valence-electron chi connectivity index (χ2n) is 16.9. The Morgan fingerprint density at radius 1 is 0.850 bits per heavy atom. The van der Waals surface area contributed by atoms with Crippen LogP contribution in [0.2, 0.25) is 0 Å². The number of fused-ring (bicyclic) bond motifs is 1. The van der Waals surface area contributed by atoms with Crippen LogP contribution in [0.5, 0.6) is 0 Å². The Hall–Kier alpha value is -0.200. The Balaban J connectivity index is 1.02. The first-order valence-electron chi connectivity index (χ1n) is 17.4. The highest BCUT2D eigenvalue weighted by Gasteiger charge is 2.76. The summed E-state index contributed by atoms with van der Waals surface area (Å²) in [6, 6.07) is 0. The molecule has 9 atom stereocenters. The molecule has 0 aromatic heterocycles. The van der Waals surface area contributed by atoms with Gasteiger partial charge in [0.15, 0.2) is 12.6 Å². The first kappa shape index (κ1) is 28.6. The molecule has 2 saturated heterocycles. The molecule has 1 N–H and O–H groups in total. The van der Waals surface area contributed by atoms with Crippen molar-refractivity contribution in [3.05, 3.63) is 0 Å². The SMILES string of the molecule is CCC1OC(C2C3CC4CC(C3)CC2C4)OCC1CC12CC1(CC(C)O)OC(C1CCCC(C(C)(C)C)CC1)O2. The summed E-state index contributed by atoms with van der Waals surface area (Å²) in [7, 11) is 0. The van der Waals surface area contributed by atoms with Crippen LogP contribution in [0.15, 0.2) is 0 Å². The zero-order valence-corrected chi connectivity index (χ0v) is 26.1. The Kier molecular flexibility index (Phi) is 7.47. The molecule has 9 unspecified atom stereocenters. The third-order valence-corrected chi connectivity index (χ3v) is 13.1. The zero-order valence-electron chi connectivity index (χ0n) is 26.1. The van der Waals surface area contributed by atoms with E-state index in [0.717, 1.165) is 55.5 Å².